The van der Waals surface area contributed by atoms with E-state index in [2.05, 4.69) is 26.7 Å². The predicted octanol–water partition coefficient (Wildman–Crippen LogP) is 8.26. The average molecular weight is 900 g/mol. The van der Waals surface area contributed by atoms with Crippen LogP contribution in [0, 0.1) is 28.6 Å². The van der Waals surface area contributed by atoms with E-state index in [4.69, 9.17) is 19.4 Å². The van der Waals surface area contributed by atoms with E-state index in [1.54, 1.807) is 35.4 Å². The molecule has 1 spiro atoms. The maximum absolute atomic E-state index is 16.7. The molecule has 2 bridgehead atoms. The number of H-pyrrole nitrogens is 2. The Bertz CT molecular complexity index is 2830. The van der Waals surface area contributed by atoms with Crippen molar-refractivity contribution in [3.8, 4) is 39.6 Å². The van der Waals surface area contributed by atoms with Crippen molar-refractivity contribution < 1.29 is 37.4 Å². The molecule has 2 saturated heterocycles. The summed E-state index contributed by atoms with van der Waals surface area (Å²) in [5.74, 6) is -2.64. The fourth-order valence-electron chi connectivity index (χ4n) is 11.0. The number of nitrogens with one attached hydrogen (secondary N) is 4. The first-order valence-electron chi connectivity index (χ1n) is 22.6. The van der Waals surface area contributed by atoms with Gasteiger partial charge in [-0.1, -0.05) is 44.2 Å². The lowest BCUT2D eigenvalue weighted by molar-refractivity contribution is -0.138. The minimum absolute atomic E-state index is 0.00300. The molecule has 4 N–H and O–H groups in total. The number of nitrogens with zero attached hydrogens (tertiary/aromatic N) is 5. The summed E-state index contributed by atoms with van der Waals surface area (Å²) in [5.41, 5.74) is 4.47. The Hall–Kier alpha value is -6.83. The second-order valence-electron chi connectivity index (χ2n) is 19.0. The number of hydrogen-bond donors (Lipinski definition) is 4. The van der Waals surface area contributed by atoms with Crippen molar-refractivity contribution in [1.29, 1.82) is 5.26 Å². The number of ether oxygens (including phenoxy) is 2. The van der Waals surface area contributed by atoms with Gasteiger partial charge in [0.25, 0.3) is 5.92 Å². The zero-order valence-electron chi connectivity index (χ0n) is 37.1. The molecule has 3 aromatic carbocycles. The van der Waals surface area contributed by atoms with Gasteiger partial charge >= 0.3 is 12.2 Å². The summed E-state index contributed by atoms with van der Waals surface area (Å²) in [7, 11) is 2.49. The lowest BCUT2D eigenvalue weighted by atomic mass is 9.97. The summed E-state index contributed by atoms with van der Waals surface area (Å²) in [5, 5.41) is 14.6. The van der Waals surface area contributed by atoms with Crippen LogP contribution >= 0.6 is 0 Å². The Balaban J connectivity index is 0.892. The third-order valence-electron chi connectivity index (χ3n) is 14.6. The quantitative estimate of drug-likeness (QED) is 0.101. The fourth-order valence-corrected chi connectivity index (χ4v) is 11.0. The van der Waals surface area contributed by atoms with Crippen molar-refractivity contribution >= 4 is 35.0 Å². The van der Waals surface area contributed by atoms with Gasteiger partial charge in [-0.2, -0.15) is 14.0 Å². The zero-order chi connectivity index (χ0) is 46.2. The summed E-state index contributed by atoms with van der Waals surface area (Å²) in [6.45, 7) is 4.28. The molecule has 10 rings (SSSR count). The topological polar surface area (TPSA) is 198 Å². The minimum atomic E-state index is -3.30. The summed E-state index contributed by atoms with van der Waals surface area (Å²) < 4.78 is 42.9. The Kier molecular flexibility index (Phi) is 10.6. The summed E-state index contributed by atoms with van der Waals surface area (Å²) in [4.78, 5) is 72.3. The van der Waals surface area contributed by atoms with Gasteiger partial charge in [-0.25, -0.2) is 19.6 Å². The monoisotopic (exact) mass is 899 g/mol. The van der Waals surface area contributed by atoms with Gasteiger partial charge in [0.2, 0.25) is 11.8 Å². The number of piperidine rings is 1. The van der Waals surface area contributed by atoms with E-state index in [1.807, 2.05) is 43.0 Å². The second-order valence-corrected chi connectivity index (χ2v) is 19.0. The highest BCUT2D eigenvalue weighted by Crippen LogP contribution is 2.59. The van der Waals surface area contributed by atoms with Gasteiger partial charge in [0.15, 0.2) is 0 Å². The molecule has 4 fully saturated rings. The normalized spacial score (nSPS) is 22.5. The molecular weight excluding hydrogens is 849 g/mol. The largest absolute Gasteiger partial charge is 0.453 e. The van der Waals surface area contributed by atoms with Crippen LogP contribution in [0.25, 0.3) is 44.5 Å². The Labute approximate surface area is 379 Å². The van der Waals surface area contributed by atoms with Crippen LogP contribution in [0.15, 0.2) is 60.8 Å². The minimum Gasteiger partial charge on any atom is -0.453 e. The van der Waals surface area contributed by atoms with Crippen LogP contribution in [0.2, 0.25) is 0 Å². The highest BCUT2D eigenvalue weighted by Gasteiger charge is 2.56. The highest BCUT2D eigenvalue weighted by atomic mass is 19.3. The van der Waals surface area contributed by atoms with E-state index in [-0.39, 0.29) is 71.2 Å². The van der Waals surface area contributed by atoms with Gasteiger partial charge < -0.3 is 39.9 Å². The summed E-state index contributed by atoms with van der Waals surface area (Å²) >= 11 is 0. The van der Waals surface area contributed by atoms with E-state index in [0.29, 0.717) is 69.2 Å². The van der Waals surface area contributed by atoms with Crippen LogP contribution in [0.4, 0.5) is 18.4 Å². The molecule has 1 unspecified atom stereocenters. The number of aromatic nitrogens is 4. The number of carbonyl (C=O) groups excluding carboxylic acids is 4. The van der Waals surface area contributed by atoms with Gasteiger partial charge in [0, 0.05) is 35.7 Å². The number of benzene rings is 3. The zero-order valence-corrected chi connectivity index (χ0v) is 37.1. The molecule has 3 aliphatic carbocycles. The number of methoxy groups -OCH3 is 2. The van der Waals surface area contributed by atoms with Crippen LogP contribution in [0.5, 0.6) is 0 Å². The van der Waals surface area contributed by atoms with Gasteiger partial charge in [0.1, 0.15) is 23.7 Å². The number of halogens is 2. The number of amides is 4. The Morgan fingerprint density at radius 2 is 1.58 bits per heavy atom. The molecular formula is C49H51F2N9O6. The predicted molar refractivity (Wildman–Crippen MR) is 237 cm³/mol. The fraction of sp³-hybridized carbons (Fsp3) is 0.449. The number of carbonyl (C=O) groups is 4. The molecule has 2 aromatic heterocycles. The van der Waals surface area contributed by atoms with Crippen molar-refractivity contribution in [2.45, 2.75) is 101 Å². The molecule has 4 amide bonds. The van der Waals surface area contributed by atoms with E-state index in [0.717, 1.165) is 32.1 Å². The molecule has 0 radical (unpaired) electrons. The number of imidazole rings is 2. The van der Waals surface area contributed by atoms with Gasteiger partial charge in [-0.05, 0) is 109 Å². The maximum atomic E-state index is 16.7. The van der Waals surface area contributed by atoms with Crippen LogP contribution in [0.3, 0.4) is 0 Å². The summed E-state index contributed by atoms with van der Waals surface area (Å²) in [6, 6.07) is 15.4. The van der Waals surface area contributed by atoms with E-state index < -0.39 is 30.2 Å². The van der Waals surface area contributed by atoms with Crippen molar-refractivity contribution in [2.24, 2.45) is 17.3 Å². The van der Waals surface area contributed by atoms with Crippen molar-refractivity contribution in [3.63, 3.8) is 0 Å². The van der Waals surface area contributed by atoms with Gasteiger partial charge in [-0.3, -0.25) is 9.59 Å². The molecule has 15 nitrogen and oxygen atoms in total. The standard InChI is InChI=1S/C49H51F2N9O6/c1-25(2)40(58-47(64)66-4)45(62)59-24-48(15-16-48)22-39(59)42-53-23-38(56-42)28-9-13-32-31-12-8-26(19-33(31)49(50,51)34(32)20-28)27-10-14-35-37(21-27)55-43(54-35)41-29-7-11-30(18-29)60(41)44(61)36(6-5-17-52)57-46(63)65-3/h8-10,12-14,19-21,23,25,29-30,36,39-41H,5-7,11,15-16,18,22,24H2,1-4H3,(H,53,56)(H,54,55)(H,57,63)(H,58,64)/t29-,30+,36-,39-,40+,41?/m0/s1. The lowest BCUT2D eigenvalue weighted by Crippen LogP contribution is -2.51. The molecule has 6 atom stereocenters. The third-order valence-corrected chi connectivity index (χ3v) is 14.6. The van der Waals surface area contributed by atoms with E-state index in [9.17, 15) is 24.4 Å². The van der Waals surface area contributed by atoms with Crippen LogP contribution in [0.1, 0.15) is 100 Å². The number of aromatic amines is 2. The average Bonchev–Trinajstić information content (AvgIpc) is 3.98. The number of nitriles is 1. The second kappa shape index (κ2) is 16.2. The maximum Gasteiger partial charge on any atom is 0.407 e. The third kappa shape index (κ3) is 7.30. The SMILES string of the molecule is COC(=O)N[C@@H](CCC#N)C(=O)N1C(c2nc3ccc(-c4ccc5c(c4)C(F)(F)c4cc(-c6cnc([C@@H]7CC8(CC8)CN7C(=O)[C@H](NC(=O)OC)C(C)C)[nH]6)ccc4-5)cc3[nH]2)[C@H]2CC[C@@H]1C2. The molecule has 66 heavy (non-hydrogen) atoms. The van der Waals surface area contributed by atoms with Crippen LogP contribution in [-0.4, -0.2) is 92.6 Å². The van der Waals surface area contributed by atoms with Crippen LogP contribution in [-0.2, 0) is 25.0 Å². The molecule has 2 saturated carbocycles. The highest BCUT2D eigenvalue weighted by molar-refractivity contribution is 5.89. The Morgan fingerprint density at radius 3 is 2.27 bits per heavy atom. The first-order valence-corrected chi connectivity index (χ1v) is 22.6. The number of rotatable bonds is 11. The molecule has 17 heteroatoms. The number of hydrogen-bond acceptors (Lipinski definition) is 9. The van der Waals surface area contributed by atoms with E-state index >= 15 is 8.78 Å². The van der Waals surface area contributed by atoms with Crippen molar-refractivity contribution in [2.75, 3.05) is 20.8 Å². The number of fused-ring (bicyclic) bond motifs is 6. The smallest absolute Gasteiger partial charge is 0.407 e. The van der Waals surface area contributed by atoms with E-state index in [1.165, 1.54) is 20.3 Å². The van der Waals surface area contributed by atoms with Gasteiger partial charge in [-0.15, -0.1) is 0 Å². The molecule has 4 heterocycles. The van der Waals surface area contributed by atoms with Crippen LogP contribution < -0.4 is 10.6 Å². The summed E-state index contributed by atoms with van der Waals surface area (Å²) in [6.07, 6.45) is 5.70. The number of alkyl carbamates (subject to hydrolysis) is 2. The molecule has 342 valence electrons. The molecule has 2 aliphatic heterocycles. The Morgan fingerprint density at radius 1 is 0.894 bits per heavy atom. The number of alkyl halides is 2. The molecule has 5 aliphatic rings. The first-order chi connectivity index (χ1) is 31.7. The van der Waals surface area contributed by atoms with Crippen molar-refractivity contribution in [1.82, 2.24) is 40.4 Å². The van der Waals surface area contributed by atoms with Crippen molar-refractivity contribution in [3.05, 3.63) is 83.6 Å². The molecule has 5 aromatic rings. The van der Waals surface area contributed by atoms with Gasteiger partial charge in [0.05, 0.1) is 55.3 Å². The first kappa shape index (κ1) is 43.1. The lowest BCUT2D eigenvalue weighted by Gasteiger charge is -2.36. The number of likely N-dealkylation sites (tertiary alicyclic amines) is 2.